The van der Waals surface area contributed by atoms with Crippen molar-refractivity contribution in [1.82, 2.24) is 15.3 Å². The maximum Gasteiger partial charge on any atom is 0.270 e. The molecule has 2 aromatic rings. The lowest BCUT2D eigenvalue weighted by atomic mass is 10.1. The highest BCUT2D eigenvalue weighted by Gasteiger charge is 2.09. The minimum absolute atomic E-state index is 0.146. The summed E-state index contributed by atoms with van der Waals surface area (Å²) in [7, 11) is 0. The Balaban J connectivity index is 1.82. The molecule has 1 aromatic heterocycles. The maximum atomic E-state index is 12.3. The van der Waals surface area contributed by atoms with E-state index in [1.54, 1.807) is 13.0 Å². The molecule has 24 heavy (non-hydrogen) atoms. The molecule has 2 N–H and O–H groups in total. The van der Waals surface area contributed by atoms with Crippen LogP contribution in [0.2, 0.25) is 0 Å². The summed E-state index contributed by atoms with van der Waals surface area (Å²) in [5.41, 5.74) is 1.70. The zero-order valence-corrected chi connectivity index (χ0v) is 14.5. The van der Waals surface area contributed by atoms with E-state index in [1.807, 2.05) is 18.2 Å². The molecule has 128 valence electrons. The fourth-order valence-electron chi connectivity index (χ4n) is 2.40. The van der Waals surface area contributed by atoms with Crippen LogP contribution in [0.3, 0.4) is 0 Å². The minimum Gasteiger partial charge on any atom is -0.370 e. The molecular formula is C19H26N4O. The third kappa shape index (κ3) is 5.99. The van der Waals surface area contributed by atoms with Crippen LogP contribution in [-0.4, -0.2) is 29.0 Å². The Bertz CT molecular complexity index is 643. The summed E-state index contributed by atoms with van der Waals surface area (Å²) < 4.78 is 0. The summed E-state index contributed by atoms with van der Waals surface area (Å²) in [6, 6.07) is 12.0. The molecule has 2 rings (SSSR count). The number of carbonyl (C=O) groups excluding carboxylic acids is 1. The number of aromatic nitrogens is 2. The van der Waals surface area contributed by atoms with Crippen molar-refractivity contribution < 1.29 is 4.79 Å². The van der Waals surface area contributed by atoms with Gasteiger partial charge in [-0.25, -0.2) is 9.97 Å². The molecule has 1 aromatic carbocycles. The molecule has 0 radical (unpaired) electrons. The molecule has 1 heterocycles. The summed E-state index contributed by atoms with van der Waals surface area (Å²) in [6.07, 6.45) is 4.05. The van der Waals surface area contributed by atoms with Gasteiger partial charge in [0.25, 0.3) is 5.91 Å². The van der Waals surface area contributed by atoms with Gasteiger partial charge in [0.1, 0.15) is 17.3 Å². The molecule has 0 atom stereocenters. The van der Waals surface area contributed by atoms with Crippen LogP contribution < -0.4 is 10.6 Å². The standard InChI is InChI=1S/C19H26N4O/c1-3-4-12-20-18-14-17(22-15(2)23-18)19(24)21-13-8-11-16-9-6-5-7-10-16/h5-7,9-10,14H,3-4,8,11-13H2,1-2H3,(H,21,24)(H,20,22,23). The first-order valence-electron chi connectivity index (χ1n) is 8.60. The van der Waals surface area contributed by atoms with Gasteiger partial charge in [-0.15, -0.1) is 0 Å². The normalized spacial score (nSPS) is 10.4. The summed E-state index contributed by atoms with van der Waals surface area (Å²) >= 11 is 0. The van der Waals surface area contributed by atoms with Gasteiger partial charge in [-0.2, -0.15) is 0 Å². The largest absolute Gasteiger partial charge is 0.370 e. The van der Waals surface area contributed by atoms with E-state index in [9.17, 15) is 4.79 Å². The number of hydrogen-bond donors (Lipinski definition) is 2. The molecule has 0 aliphatic carbocycles. The van der Waals surface area contributed by atoms with Crippen LogP contribution in [-0.2, 0) is 6.42 Å². The van der Waals surface area contributed by atoms with E-state index in [4.69, 9.17) is 0 Å². The third-order valence-corrected chi connectivity index (χ3v) is 3.68. The predicted molar refractivity (Wildman–Crippen MR) is 97.3 cm³/mol. The lowest BCUT2D eigenvalue weighted by Crippen LogP contribution is -2.26. The molecule has 0 unspecified atom stereocenters. The number of anilines is 1. The van der Waals surface area contributed by atoms with Gasteiger partial charge in [0.2, 0.25) is 0 Å². The lowest BCUT2D eigenvalue weighted by Gasteiger charge is -2.09. The predicted octanol–water partition coefficient (Wildman–Crippen LogP) is 3.36. The molecule has 0 fully saturated rings. The first-order chi connectivity index (χ1) is 11.7. The number of amides is 1. The fourth-order valence-corrected chi connectivity index (χ4v) is 2.40. The van der Waals surface area contributed by atoms with Crippen molar-refractivity contribution in [2.45, 2.75) is 39.5 Å². The van der Waals surface area contributed by atoms with Crippen LogP contribution in [0.15, 0.2) is 36.4 Å². The number of aryl methyl sites for hydroxylation is 2. The van der Waals surface area contributed by atoms with Crippen molar-refractivity contribution >= 4 is 11.7 Å². The van der Waals surface area contributed by atoms with Crippen LogP contribution in [0.5, 0.6) is 0 Å². The summed E-state index contributed by atoms with van der Waals surface area (Å²) in [5, 5.41) is 6.17. The number of hydrogen-bond acceptors (Lipinski definition) is 4. The van der Waals surface area contributed by atoms with Crippen molar-refractivity contribution in [3.05, 3.63) is 53.5 Å². The minimum atomic E-state index is -0.146. The van der Waals surface area contributed by atoms with E-state index in [2.05, 4.69) is 39.7 Å². The van der Waals surface area contributed by atoms with Gasteiger partial charge in [-0.05, 0) is 31.7 Å². The number of rotatable bonds is 9. The SMILES string of the molecule is CCCCNc1cc(C(=O)NCCCc2ccccc2)nc(C)n1. The fraction of sp³-hybridized carbons (Fsp3) is 0.421. The van der Waals surface area contributed by atoms with Gasteiger partial charge in [0.05, 0.1) is 0 Å². The van der Waals surface area contributed by atoms with Crippen LogP contribution in [0.4, 0.5) is 5.82 Å². The van der Waals surface area contributed by atoms with Gasteiger partial charge >= 0.3 is 0 Å². The van der Waals surface area contributed by atoms with Crippen LogP contribution in [0.1, 0.15) is 48.1 Å². The topological polar surface area (TPSA) is 66.9 Å². The molecule has 0 aliphatic rings. The van der Waals surface area contributed by atoms with E-state index in [0.29, 0.717) is 23.9 Å². The highest BCUT2D eigenvalue weighted by molar-refractivity contribution is 5.92. The summed E-state index contributed by atoms with van der Waals surface area (Å²) in [4.78, 5) is 20.8. The Labute approximate surface area is 143 Å². The van der Waals surface area contributed by atoms with Gasteiger partial charge in [0.15, 0.2) is 0 Å². The second-order valence-corrected chi connectivity index (χ2v) is 5.81. The Morgan fingerprint density at radius 3 is 2.62 bits per heavy atom. The molecule has 0 aliphatic heterocycles. The van der Waals surface area contributed by atoms with Crippen molar-refractivity contribution in [2.24, 2.45) is 0 Å². The van der Waals surface area contributed by atoms with Gasteiger partial charge in [0, 0.05) is 19.2 Å². The molecule has 5 heteroatoms. The highest BCUT2D eigenvalue weighted by atomic mass is 16.1. The molecule has 0 saturated heterocycles. The van der Waals surface area contributed by atoms with E-state index in [-0.39, 0.29) is 5.91 Å². The number of unbranched alkanes of at least 4 members (excludes halogenated alkanes) is 1. The molecular weight excluding hydrogens is 300 g/mol. The van der Waals surface area contributed by atoms with Crippen molar-refractivity contribution in [3.8, 4) is 0 Å². The van der Waals surface area contributed by atoms with Gasteiger partial charge in [-0.1, -0.05) is 43.7 Å². The summed E-state index contributed by atoms with van der Waals surface area (Å²) in [5.74, 6) is 1.17. The first-order valence-corrected chi connectivity index (χ1v) is 8.60. The van der Waals surface area contributed by atoms with E-state index in [1.165, 1.54) is 5.56 Å². The third-order valence-electron chi connectivity index (χ3n) is 3.68. The Hall–Kier alpha value is -2.43. The highest BCUT2D eigenvalue weighted by Crippen LogP contribution is 2.07. The maximum absolute atomic E-state index is 12.3. The van der Waals surface area contributed by atoms with Gasteiger partial charge in [-0.3, -0.25) is 4.79 Å². The van der Waals surface area contributed by atoms with E-state index >= 15 is 0 Å². The number of carbonyl (C=O) groups is 1. The molecule has 0 bridgehead atoms. The Kier molecular flexibility index (Phi) is 7.21. The molecule has 5 nitrogen and oxygen atoms in total. The van der Waals surface area contributed by atoms with E-state index < -0.39 is 0 Å². The number of nitrogens with one attached hydrogen (secondary N) is 2. The molecule has 1 amide bonds. The van der Waals surface area contributed by atoms with Crippen molar-refractivity contribution in [2.75, 3.05) is 18.4 Å². The average molecular weight is 326 g/mol. The number of benzene rings is 1. The van der Waals surface area contributed by atoms with E-state index in [0.717, 1.165) is 32.2 Å². The summed E-state index contributed by atoms with van der Waals surface area (Å²) in [6.45, 7) is 5.43. The monoisotopic (exact) mass is 326 g/mol. The first kappa shape index (κ1) is 17.9. The molecule has 0 spiro atoms. The molecule has 0 saturated carbocycles. The second kappa shape index (κ2) is 9.65. The lowest BCUT2D eigenvalue weighted by molar-refractivity contribution is 0.0948. The smallest absolute Gasteiger partial charge is 0.270 e. The Morgan fingerprint density at radius 1 is 1.08 bits per heavy atom. The van der Waals surface area contributed by atoms with Crippen molar-refractivity contribution in [1.29, 1.82) is 0 Å². The van der Waals surface area contributed by atoms with Crippen LogP contribution in [0.25, 0.3) is 0 Å². The average Bonchev–Trinajstić information content (AvgIpc) is 2.59. The van der Waals surface area contributed by atoms with Crippen LogP contribution >= 0.6 is 0 Å². The zero-order valence-electron chi connectivity index (χ0n) is 14.5. The van der Waals surface area contributed by atoms with Gasteiger partial charge < -0.3 is 10.6 Å². The Morgan fingerprint density at radius 2 is 1.88 bits per heavy atom. The number of nitrogens with zero attached hydrogens (tertiary/aromatic N) is 2. The van der Waals surface area contributed by atoms with Crippen LogP contribution in [0, 0.1) is 6.92 Å². The van der Waals surface area contributed by atoms with Crippen molar-refractivity contribution in [3.63, 3.8) is 0 Å². The quantitative estimate of drug-likeness (QED) is 0.693. The zero-order chi connectivity index (χ0) is 17.2. The second-order valence-electron chi connectivity index (χ2n) is 5.81.